The molecule has 0 radical (unpaired) electrons. The van der Waals surface area contributed by atoms with Crippen LogP contribution in [-0.2, 0) is 0 Å². The van der Waals surface area contributed by atoms with Gasteiger partial charge in [0.1, 0.15) is 0 Å². The molecule has 0 spiro atoms. The number of nitrogens with two attached hydrogens (primary N) is 1. The van der Waals surface area contributed by atoms with Crippen molar-refractivity contribution in [2.24, 2.45) is 0 Å². The Morgan fingerprint density at radius 2 is 2.12 bits per heavy atom. The van der Waals surface area contributed by atoms with E-state index in [2.05, 4.69) is 21.6 Å². The van der Waals surface area contributed by atoms with Crippen molar-refractivity contribution in [3.63, 3.8) is 0 Å². The molecule has 1 aliphatic heterocycles. The highest BCUT2D eigenvalue weighted by Crippen LogP contribution is 2.24. The zero-order chi connectivity index (χ0) is 11.0. The largest absolute Gasteiger partial charge is 0.394 e. The van der Waals surface area contributed by atoms with Gasteiger partial charge in [-0.05, 0) is 37.4 Å². The first-order valence-corrected chi connectivity index (χ1v) is 5.64. The van der Waals surface area contributed by atoms with Crippen molar-refractivity contribution >= 4 is 11.3 Å². The van der Waals surface area contributed by atoms with Gasteiger partial charge in [-0.25, -0.2) is 9.50 Å². The van der Waals surface area contributed by atoms with E-state index in [-0.39, 0.29) is 0 Å². The molecule has 3 heterocycles. The lowest BCUT2D eigenvalue weighted by molar-refractivity contribution is 0.458. The van der Waals surface area contributed by atoms with E-state index in [0.29, 0.717) is 11.6 Å². The van der Waals surface area contributed by atoms with Crippen LogP contribution in [-0.4, -0.2) is 27.7 Å². The van der Waals surface area contributed by atoms with Gasteiger partial charge in [0.15, 0.2) is 5.65 Å². The number of piperidine rings is 1. The summed E-state index contributed by atoms with van der Waals surface area (Å²) in [6, 6.07) is 0. The number of anilines is 1. The second-order valence-electron chi connectivity index (χ2n) is 4.28. The Morgan fingerprint density at radius 3 is 2.94 bits per heavy atom. The molecule has 5 nitrogen and oxygen atoms in total. The van der Waals surface area contributed by atoms with Crippen LogP contribution in [0.1, 0.15) is 24.3 Å². The van der Waals surface area contributed by atoms with Crippen molar-refractivity contribution in [2.75, 3.05) is 18.8 Å². The third kappa shape index (κ3) is 1.53. The van der Waals surface area contributed by atoms with E-state index in [1.807, 2.05) is 6.20 Å². The second-order valence-corrected chi connectivity index (χ2v) is 4.28. The summed E-state index contributed by atoms with van der Waals surface area (Å²) in [5.41, 5.74) is 8.39. The van der Waals surface area contributed by atoms with E-state index < -0.39 is 0 Å². The van der Waals surface area contributed by atoms with Crippen molar-refractivity contribution in [3.8, 4) is 0 Å². The number of nitrogens with zero attached hydrogens (tertiary/aromatic N) is 3. The molecule has 2 aromatic heterocycles. The summed E-state index contributed by atoms with van der Waals surface area (Å²) >= 11 is 0. The van der Waals surface area contributed by atoms with Crippen LogP contribution >= 0.6 is 0 Å². The van der Waals surface area contributed by atoms with Crippen LogP contribution < -0.4 is 11.1 Å². The third-order valence-corrected chi connectivity index (χ3v) is 3.21. The molecule has 5 heteroatoms. The zero-order valence-corrected chi connectivity index (χ0v) is 9.06. The van der Waals surface area contributed by atoms with Gasteiger partial charge >= 0.3 is 0 Å². The first-order valence-electron chi connectivity index (χ1n) is 5.64. The van der Waals surface area contributed by atoms with E-state index in [1.54, 1.807) is 10.7 Å². The number of hydrogen-bond acceptors (Lipinski definition) is 4. The van der Waals surface area contributed by atoms with E-state index >= 15 is 0 Å². The van der Waals surface area contributed by atoms with Crippen molar-refractivity contribution < 1.29 is 0 Å². The van der Waals surface area contributed by atoms with Crippen molar-refractivity contribution in [2.45, 2.75) is 18.8 Å². The number of hydrogen-bond donors (Lipinski definition) is 2. The molecule has 1 fully saturated rings. The molecule has 0 aromatic carbocycles. The first-order chi connectivity index (χ1) is 7.84. The highest BCUT2D eigenvalue weighted by Gasteiger charge is 2.16. The maximum Gasteiger partial charge on any atom is 0.178 e. The number of rotatable bonds is 1. The quantitative estimate of drug-likeness (QED) is 0.740. The molecule has 1 aliphatic rings. The van der Waals surface area contributed by atoms with E-state index in [4.69, 9.17) is 5.73 Å². The predicted octanol–water partition coefficient (Wildman–Crippen LogP) is 0.778. The van der Waals surface area contributed by atoms with Crippen molar-refractivity contribution in [1.29, 1.82) is 0 Å². The minimum atomic E-state index is 0.601. The number of nitrogen functional groups attached to an aromatic ring is 1. The zero-order valence-electron chi connectivity index (χ0n) is 9.06. The standard InChI is InChI=1S/C11H15N5/c12-10-6-15-16-7-9(5-14-11(10)16)8-1-3-13-4-2-8/h5-8,13H,1-4,12H2. The molecular formula is C11H15N5. The van der Waals surface area contributed by atoms with Crippen LogP contribution in [0.4, 0.5) is 5.69 Å². The lowest BCUT2D eigenvalue weighted by Crippen LogP contribution is -2.26. The van der Waals surface area contributed by atoms with Gasteiger partial charge in [-0.2, -0.15) is 5.10 Å². The molecular weight excluding hydrogens is 202 g/mol. The summed E-state index contributed by atoms with van der Waals surface area (Å²) in [6.07, 6.45) is 7.97. The maximum absolute atomic E-state index is 5.75. The molecule has 3 N–H and O–H groups in total. The van der Waals surface area contributed by atoms with Gasteiger partial charge in [0.05, 0.1) is 11.9 Å². The normalized spacial score (nSPS) is 18.0. The Balaban J connectivity index is 1.97. The lowest BCUT2D eigenvalue weighted by Gasteiger charge is -2.22. The summed E-state index contributed by atoms with van der Waals surface area (Å²) in [6.45, 7) is 2.17. The fourth-order valence-corrected chi connectivity index (χ4v) is 2.27. The molecule has 0 aliphatic carbocycles. The molecule has 16 heavy (non-hydrogen) atoms. The Labute approximate surface area is 93.7 Å². The third-order valence-electron chi connectivity index (χ3n) is 3.21. The van der Waals surface area contributed by atoms with Crippen LogP contribution in [0.5, 0.6) is 0 Å². The SMILES string of the molecule is Nc1cnn2cc(C3CCNCC3)cnc12. The molecule has 0 atom stereocenters. The highest BCUT2D eigenvalue weighted by atomic mass is 15.2. The molecule has 0 amide bonds. The van der Waals surface area contributed by atoms with Crippen LogP contribution in [0, 0.1) is 0 Å². The van der Waals surface area contributed by atoms with Crippen LogP contribution in [0.3, 0.4) is 0 Å². The molecule has 1 saturated heterocycles. The van der Waals surface area contributed by atoms with Crippen molar-refractivity contribution in [1.82, 2.24) is 19.9 Å². The highest BCUT2D eigenvalue weighted by molar-refractivity contribution is 5.62. The Bertz CT molecular complexity index is 498. The summed E-state index contributed by atoms with van der Waals surface area (Å²) in [7, 11) is 0. The van der Waals surface area contributed by atoms with Gasteiger partial charge in [-0.3, -0.25) is 0 Å². The Morgan fingerprint density at radius 1 is 1.31 bits per heavy atom. The van der Waals surface area contributed by atoms with Gasteiger partial charge in [0.2, 0.25) is 0 Å². The Hall–Kier alpha value is -1.62. The lowest BCUT2D eigenvalue weighted by atomic mass is 9.92. The summed E-state index contributed by atoms with van der Waals surface area (Å²) in [5, 5.41) is 7.55. The molecule has 0 saturated carbocycles. The molecule has 3 rings (SSSR count). The van der Waals surface area contributed by atoms with Gasteiger partial charge < -0.3 is 11.1 Å². The maximum atomic E-state index is 5.75. The van der Waals surface area contributed by atoms with Crippen LogP contribution in [0.2, 0.25) is 0 Å². The number of aromatic nitrogens is 3. The van der Waals surface area contributed by atoms with Crippen LogP contribution in [0.25, 0.3) is 5.65 Å². The number of fused-ring (bicyclic) bond motifs is 1. The van der Waals surface area contributed by atoms with E-state index in [1.165, 1.54) is 18.4 Å². The minimum Gasteiger partial charge on any atom is -0.394 e. The summed E-state index contributed by atoms with van der Waals surface area (Å²) < 4.78 is 1.77. The Kier molecular flexibility index (Phi) is 2.25. The molecule has 0 unspecified atom stereocenters. The van der Waals surface area contributed by atoms with Crippen molar-refractivity contribution in [3.05, 3.63) is 24.2 Å². The predicted molar refractivity (Wildman–Crippen MR) is 62.2 cm³/mol. The smallest absolute Gasteiger partial charge is 0.178 e. The van der Waals surface area contributed by atoms with Gasteiger partial charge in [0.25, 0.3) is 0 Å². The van der Waals surface area contributed by atoms with E-state index in [9.17, 15) is 0 Å². The first kappa shape index (κ1) is 9.59. The minimum absolute atomic E-state index is 0.601. The monoisotopic (exact) mass is 217 g/mol. The summed E-state index contributed by atoms with van der Waals surface area (Å²) in [4.78, 5) is 4.37. The van der Waals surface area contributed by atoms with Gasteiger partial charge in [-0.1, -0.05) is 0 Å². The second kappa shape index (κ2) is 3.75. The van der Waals surface area contributed by atoms with Gasteiger partial charge in [-0.15, -0.1) is 0 Å². The van der Waals surface area contributed by atoms with Gasteiger partial charge in [0, 0.05) is 12.4 Å². The topological polar surface area (TPSA) is 68.2 Å². The molecule has 0 bridgehead atoms. The average Bonchev–Trinajstić information content (AvgIpc) is 2.72. The number of nitrogens with one attached hydrogen (secondary N) is 1. The molecule has 84 valence electrons. The fourth-order valence-electron chi connectivity index (χ4n) is 2.27. The van der Waals surface area contributed by atoms with Crippen LogP contribution in [0.15, 0.2) is 18.6 Å². The summed E-state index contributed by atoms with van der Waals surface area (Å²) in [5.74, 6) is 0.601. The average molecular weight is 217 g/mol. The fraction of sp³-hybridized carbons (Fsp3) is 0.455. The molecule has 2 aromatic rings. The van der Waals surface area contributed by atoms with E-state index in [0.717, 1.165) is 18.7 Å².